The van der Waals surface area contributed by atoms with Gasteiger partial charge in [0.1, 0.15) is 7.05 Å². The van der Waals surface area contributed by atoms with Gasteiger partial charge >= 0.3 is 0 Å². The minimum atomic E-state index is 0. The molecule has 1 rings (SSSR count). The van der Waals surface area contributed by atoms with Crippen LogP contribution in [0, 0.1) is 0 Å². The molecule has 54 valence electrons. The van der Waals surface area contributed by atoms with Crippen molar-refractivity contribution in [1.82, 2.24) is 0 Å². The van der Waals surface area contributed by atoms with Gasteiger partial charge < -0.3 is 24.0 Å². The summed E-state index contributed by atoms with van der Waals surface area (Å²) >= 11 is 6.09. The van der Waals surface area contributed by atoms with E-state index in [2.05, 4.69) is 24.3 Å². The molecule has 0 aromatic rings. The van der Waals surface area contributed by atoms with Gasteiger partial charge in [-0.1, -0.05) is 11.8 Å². The number of hydrogen-bond donors (Lipinski definition) is 1. The van der Waals surface area contributed by atoms with E-state index < -0.39 is 0 Å². The maximum atomic E-state index is 4.18. The molecule has 0 saturated carbocycles. The lowest BCUT2D eigenvalue weighted by Crippen LogP contribution is -3.00. The Labute approximate surface area is 82.7 Å². The summed E-state index contributed by atoms with van der Waals surface area (Å²) in [5.74, 6) is 2.15. The molecule has 0 unspecified atom stereocenters. The Balaban J connectivity index is 0.000000640. The van der Waals surface area contributed by atoms with Gasteiger partial charge in [0.25, 0.3) is 0 Å². The lowest BCUT2D eigenvalue weighted by molar-refractivity contribution is -0.486. The molecule has 0 aliphatic carbocycles. The van der Waals surface area contributed by atoms with Crippen molar-refractivity contribution in [1.29, 1.82) is 0 Å². The first kappa shape index (κ1) is 10.1. The summed E-state index contributed by atoms with van der Waals surface area (Å²) in [6, 6.07) is 0. The first-order chi connectivity index (χ1) is 3.84. The van der Waals surface area contributed by atoms with Gasteiger partial charge in [-0.2, -0.15) is 12.6 Å². The zero-order valence-corrected chi connectivity index (χ0v) is 9.17. The third-order valence-electron chi connectivity index (χ3n) is 1.26. The summed E-state index contributed by atoms with van der Waals surface area (Å²) in [6.07, 6.45) is 0. The normalized spacial score (nSPS) is 18.0. The van der Waals surface area contributed by atoms with E-state index in [9.17, 15) is 0 Å². The molecule has 0 aromatic heterocycles. The molecule has 0 aromatic carbocycles. The standard InChI is InChI=1S/C5H9NS2.HI/c1-6-2-3-8-5(6)4-7;/h2-4H2,1H3;1H. The number of thioether (sulfide) groups is 1. The fourth-order valence-electron chi connectivity index (χ4n) is 0.702. The van der Waals surface area contributed by atoms with Crippen LogP contribution in [-0.2, 0) is 0 Å². The van der Waals surface area contributed by atoms with Gasteiger partial charge in [0, 0.05) is 0 Å². The van der Waals surface area contributed by atoms with Crippen molar-refractivity contribution in [3.8, 4) is 0 Å². The van der Waals surface area contributed by atoms with E-state index in [1.807, 2.05) is 11.8 Å². The quantitative estimate of drug-likeness (QED) is 0.320. The molecule has 4 heteroatoms. The number of halogens is 1. The van der Waals surface area contributed by atoms with Crippen LogP contribution in [0.15, 0.2) is 0 Å². The summed E-state index contributed by atoms with van der Waals surface area (Å²) in [5.41, 5.74) is 0. The fourth-order valence-corrected chi connectivity index (χ4v) is 2.22. The van der Waals surface area contributed by atoms with Gasteiger partial charge in [0.2, 0.25) is 5.04 Å². The second-order valence-electron chi connectivity index (χ2n) is 1.82. The molecule has 1 heterocycles. The Hall–Kier alpha value is 1.10. The van der Waals surface area contributed by atoms with Gasteiger partial charge in [0.15, 0.2) is 6.54 Å². The predicted molar refractivity (Wildman–Crippen MR) is 42.4 cm³/mol. The summed E-state index contributed by atoms with van der Waals surface area (Å²) in [6.45, 7) is 1.20. The van der Waals surface area contributed by atoms with E-state index in [4.69, 9.17) is 0 Å². The Bertz CT molecular complexity index is 124. The van der Waals surface area contributed by atoms with Crippen LogP contribution in [0.1, 0.15) is 0 Å². The minimum Gasteiger partial charge on any atom is -1.00 e. The molecule has 9 heavy (non-hydrogen) atoms. The number of hydrogen-bond acceptors (Lipinski definition) is 2. The lowest BCUT2D eigenvalue weighted by atomic mass is 10.7. The summed E-state index contributed by atoms with van der Waals surface area (Å²) in [5, 5.41) is 1.41. The van der Waals surface area contributed by atoms with E-state index in [0.717, 1.165) is 5.75 Å². The molecule has 0 N–H and O–H groups in total. The van der Waals surface area contributed by atoms with Gasteiger partial charge in [-0.25, -0.2) is 4.58 Å². The van der Waals surface area contributed by atoms with Crippen LogP contribution in [0.3, 0.4) is 0 Å². The van der Waals surface area contributed by atoms with E-state index in [1.54, 1.807) is 0 Å². The largest absolute Gasteiger partial charge is 1.00 e. The fraction of sp³-hybridized carbons (Fsp3) is 0.800. The Kier molecular flexibility index (Phi) is 5.44. The number of thiol groups is 1. The molecule has 0 bridgehead atoms. The first-order valence-electron chi connectivity index (χ1n) is 2.65. The van der Waals surface area contributed by atoms with E-state index in [0.29, 0.717) is 0 Å². The third-order valence-corrected chi connectivity index (χ3v) is 2.95. The zero-order chi connectivity index (χ0) is 5.98. The van der Waals surface area contributed by atoms with Crippen molar-refractivity contribution in [3.05, 3.63) is 0 Å². The minimum absolute atomic E-state index is 0. The molecule has 0 saturated heterocycles. The topological polar surface area (TPSA) is 3.01 Å². The van der Waals surface area contributed by atoms with Crippen molar-refractivity contribution in [2.75, 3.05) is 25.1 Å². The number of nitrogens with zero attached hydrogens (tertiary/aromatic N) is 1. The van der Waals surface area contributed by atoms with Crippen molar-refractivity contribution in [3.63, 3.8) is 0 Å². The monoisotopic (exact) mass is 275 g/mol. The van der Waals surface area contributed by atoms with Crippen molar-refractivity contribution >= 4 is 29.4 Å². The highest BCUT2D eigenvalue weighted by Gasteiger charge is 2.16. The third kappa shape index (κ3) is 2.67. The summed E-state index contributed by atoms with van der Waals surface area (Å²) in [4.78, 5) is 0. The van der Waals surface area contributed by atoms with Crippen molar-refractivity contribution in [2.45, 2.75) is 0 Å². The molecule has 1 aliphatic rings. The number of rotatable bonds is 1. The van der Waals surface area contributed by atoms with Gasteiger partial charge in [0.05, 0.1) is 11.5 Å². The Morgan fingerprint density at radius 2 is 2.44 bits per heavy atom. The first-order valence-corrected chi connectivity index (χ1v) is 4.27. The van der Waals surface area contributed by atoms with Crippen LogP contribution in [0.4, 0.5) is 0 Å². The van der Waals surface area contributed by atoms with Gasteiger partial charge in [-0.15, -0.1) is 0 Å². The maximum Gasteiger partial charge on any atom is 0.220 e. The highest BCUT2D eigenvalue weighted by molar-refractivity contribution is 8.14. The maximum absolute atomic E-state index is 4.18. The molecule has 0 fully saturated rings. The molecular weight excluding hydrogens is 265 g/mol. The second kappa shape index (κ2) is 4.85. The van der Waals surface area contributed by atoms with Crippen LogP contribution in [-0.4, -0.2) is 34.7 Å². The molecular formula is C5H10INS2. The van der Waals surface area contributed by atoms with Crippen LogP contribution < -0.4 is 24.0 Å². The SMILES string of the molecule is C[N+]1=C(CS)SCC1.[I-]. The lowest BCUT2D eigenvalue weighted by Gasteiger charge is -1.86. The van der Waals surface area contributed by atoms with Crippen molar-refractivity contribution < 1.29 is 28.6 Å². The van der Waals surface area contributed by atoms with Crippen LogP contribution in [0.25, 0.3) is 0 Å². The van der Waals surface area contributed by atoms with Crippen molar-refractivity contribution in [2.24, 2.45) is 0 Å². The van der Waals surface area contributed by atoms with E-state index in [1.165, 1.54) is 17.3 Å². The van der Waals surface area contributed by atoms with Crippen LogP contribution in [0.2, 0.25) is 0 Å². The van der Waals surface area contributed by atoms with Crippen LogP contribution in [0.5, 0.6) is 0 Å². The second-order valence-corrected chi connectivity index (χ2v) is 3.31. The molecule has 1 nitrogen and oxygen atoms in total. The summed E-state index contributed by atoms with van der Waals surface area (Å²) in [7, 11) is 2.12. The zero-order valence-electron chi connectivity index (χ0n) is 5.30. The average Bonchev–Trinajstić information content (AvgIpc) is 2.14. The Morgan fingerprint density at radius 1 is 1.78 bits per heavy atom. The average molecular weight is 275 g/mol. The van der Waals surface area contributed by atoms with E-state index >= 15 is 0 Å². The molecule has 0 radical (unpaired) electrons. The summed E-state index contributed by atoms with van der Waals surface area (Å²) < 4.78 is 2.26. The smallest absolute Gasteiger partial charge is 0.220 e. The predicted octanol–water partition coefficient (Wildman–Crippen LogP) is -2.29. The highest BCUT2D eigenvalue weighted by Crippen LogP contribution is 2.10. The van der Waals surface area contributed by atoms with Gasteiger partial charge in [-0.3, -0.25) is 0 Å². The molecule has 1 aliphatic heterocycles. The highest BCUT2D eigenvalue weighted by atomic mass is 127. The molecule has 0 atom stereocenters. The van der Waals surface area contributed by atoms with Gasteiger partial charge in [-0.05, 0) is 0 Å². The van der Waals surface area contributed by atoms with E-state index in [-0.39, 0.29) is 24.0 Å². The Morgan fingerprint density at radius 3 is 2.67 bits per heavy atom. The molecule has 0 amide bonds. The molecule has 0 spiro atoms. The van der Waals surface area contributed by atoms with Crippen LogP contribution >= 0.6 is 24.4 Å².